The van der Waals surface area contributed by atoms with E-state index in [1.165, 1.54) is 12.0 Å². The first kappa shape index (κ1) is 21.9. The lowest BCUT2D eigenvalue weighted by Gasteiger charge is -2.30. The van der Waals surface area contributed by atoms with Crippen LogP contribution in [0.3, 0.4) is 0 Å². The Bertz CT molecular complexity index is 800. The van der Waals surface area contributed by atoms with Crippen molar-refractivity contribution in [2.75, 3.05) is 32.7 Å². The summed E-state index contributed by atoms with van der Waals surface area (Å²) in [7, 11) is 0. The Hall–Kier alpha value is -2.83. The second kappa shape index (κ2) is 11.4. The summed E-state index contributed by atoms with van der Waals surface area (Å²) in [6, 6.07) is 10.3. The summed E-state index contributed by atoms with van der Waals surface area (Å²) in [6.07, 6.45) is 7.42. The van der Waals surface area contributed by atoms with Crippen LogP contribution < -0.4 is 10.6 Å². The number of amides is 1. The van der Waals surface area contributed by atoms with E-state index in [-0.39, 0.29) is 5.91 Å². The van der Waals surface area contributed by atoms with E-state index in [2.05, 4.69) is 51.9 Å². The van der Waals surface area contributed by atoms with Crippen molar-refractivity contribution in [3.05, 3.63) is 48.3 Å². The molecule has 1 atom stereocenters. The molecule has 1 saturated heterocycles. The van der Waals surface area contributed by atoms with Gasteiger partial charge in [0.05, 0.1) is 12.2 Å². The van der Waals surface area contributed by atoms with Crippen LogP contribution in [0.15, 0.2) is 47.7 Å². The average Bonchev–Trinajstić information content (AvgIpc) is 3.29. The fourth-order valence-electron chi connectivity index (χ4n) is 3.74. The molecule has 0 radical (unpaired) electrons. The van der Waals surface area contributed by atoms with Crippen LogP contribution in [0, 0.1) is 5.92 Å². The third kappa shape index (κ3) is 6.61. The van der Waals surface area contributed by atoms with Gasteiger partial charge in [-0.3, -0.25) is 9.79 Å². The van der Waals surface area contributed by atoms with Crippen LogP contribution in [0.5, 0.6) is 0 Å². The molecule has 1 aliphatic heterocycles. The molecule has 1 fully saturated rings. The fourth-order valence-corrected chi connectivity index (χ4v) is 3.74. The summed E-state index contributed by atoms with van der Waals surface area (Å²) in [6.45, 7) is 8.13. The molecule has 30 heavy (non-hydrogen) atoms. The molecule has 0 aliphatic carbocycles. The summed E-state index contributed by atoms with van der Waals surface area (Å²) in [5.74, 6) is 1.60. The number of benzene rings is 1. The van der Waals surface area contributed by atoms with E-state index in [4.69, 9.17) is 0 Å². The van der Waals surface area contributed by atoms with Gasteiger partial charge in [-0.1, -0.05) is 19.1 Å². The second-order valence-electron chi connectivity index (χ2n) is 7.89. The molecule has 7 nitrogen and oxygen atoms in total. The Morgan fingerprint density at radius 3 is 2.80 bits per heavy atom. The van der Waals surface area contributed by atoms with Gasteiger partial charge in [-0.25, -0.2) is 4.68 Å². The molecule has 3 rings (SSSR count). The van der Waals surface area contributed by atoms with Gasteiger partial charge >= 0.3 is 0 Å². The monoisotopic (exact) mass is 410 g/mol. The molecule has 2 N–H and O–H groups in total. The number of rotatable bonds is 8. The van der Waals surface area contributed by atoms with Crippen molar-refractivity contribution in [2.24, 2.45) is 10.9 Å². The maximum absolute atomic E-state index is 12.4. The van der Waals surface area contributed by atoms with E-state index in [9.17, 15) is 4.79 Å². The number of guanidine groups is 1. The first-order chi connectivity index (χ1) is 14.7. The quantitative estimate of drug-likeness (QED) is 0.518. The van der Waals surface area contributed by atoms with Crippen LogP contribution >= 0.6 is 0 Å². The topological polar surface area (TPSA) is 74.6 Å². The Morgan fingerprint density at radius 1 is 1.27 bits per heavy atom. The van der Waals surface area contributed by atoms with Crippen molar-refractivity contribution in [2.45, 2.75) is 39.5 Å². The predicted octanol–water partition coefficient (Wildman–Crippen LogP) is 2.62. The molecule has 2 heterocycles. The summed E-state index contributed by atoms with van der Waals surface area (Å²) in [5.41, 5.74) is 2.31. The fraction of sp³-hybridized carbons (Fsp3) is 0.522. The molecule has 1 aromatic carbocycles. The predicted molar refractivity (Wildman–Crippen MR) is 121 cm³/mol. The number of hydrogen-bond donors (Lipinski definition) is 2. The number of hydrogen-bond acceptors (Lipinski definition) is 3. The SMILES string of the molecule is CCNC(=NCCC(=O)N1CCCC(C)C1)NCCc1ccc(-n2cccn2)cc1. The lowest BCUT2D eigenvalue weighted by Crippen LogP contribution is -2.40. The maximum atomic E-state index is 12.4. The maximum Gasteiger partial charge on any atom is 0.224 e. The Kier molecular flexibility index (Phi) is 8.30. The van der Waals surface area contributed by atoms with Crippen LogP contribution in [-0.4, -0.2) is 59.3 Å². The number of nitrogens with one attached hydrogen (secondary N) is 2. The standard InChI is InChI=1S/C23H34N6O/c1-3-24-23(26-15-12-22(30)28-16-4-6-19(2)18-28)25-14-11-20-7-9-21(10-8-20)29-17-5-13-27-29/h5,7-10,13,17,19H,3-4,6,11-12,14-16,18H2,1-2H3,(H2,24,25,26). The molecule has 1 aromatic heterocycles. The second-order valence-corrected chi connectivity index (χ2v) is 7.89. The zero-order valence-corrected chi connectivity index (χ0v) is 18.2. The van der Waals surface area contributed by atoms with Crippen molar-refractivity contribution in [3.8, 4) is 5.69 Å². The van der Waals surface area contributed by atoms with Gasteiger partial charge in [-0.05, 0) is 55.9 Å². The molecule has 1 amide bonds. The van der Waals surface area contributed by atoms with Crippen LogP contribution in [0.4, 0.5) is 0 Å². The third-order valence-corrected chi connectivity index (χ3v) is 5.36. The summed E-state index contributed by atoms with van der Waals surface area (Å²) < 4.78 is 1.85. The van der Waals surface area contributed by atoms with E-state index in [1.807, 2.05) is 28.8 Å². The number of nitrogens with zero attached hydrogens (tertiary/aromatic N) is 4. The Morgan fingerprint density at radius 2 is 2.10 bits per heavy atom. The molecular formula is C23H34N6O. The number of piperidine rings is 1. The van der Waals surface area contributed by atoms with E-state index in [1.54, 1.807) is 6.20 Å². The zero-order chi connectivity index (χ0) is 21.2. The zero-order valence-electron chi connectivity index (χ0n) is 18.2. The third-order valence-electron chi connectivity index (χ3n) is 5.36. The summed E-state index contributed by atoms with van der Waals surface area (Å²) >= 11 is 0. The van der Waals surface area contributed by atoms with Crippen molar-refractivity contribution < 1.29 is 4.79 Å². The van der Waals surface area contributed by atoms with E-state index in [0.717, 1.165) is 50.7 Å². The minimum absolute atomic E-state index is 0.221. The van der Waals surface area contributed by atoms with Gasteiger partial charge in [0.2, 0.25) is 5.91 Å². The number of carbonyl (C=O) groups is 1. The highest BCUT2D eigenvalue weighted by Crippen LogP contribution is 2.16. The van der Waals surface area contributed by atoms with Gasteiger partial charge in [-0.2, -0.15) is 5.10 Å². The average molecular weight is 411 g/mol. The molecule has 1 aliphatic rings. The molecule has 1 unspecified atom stereocenters. The molecule has 2 aromatic rings. The van der Waals surface area contributed by atoms with Crippen LogP contribution in [-0.2, 0) is 11.2 Å². The van der Waals surface area contributed by atoms with Gasteiger partial charge in [-0.15, -0.1) is 0 Å². The molecule has 0 spiro atoms. The highest BCUT2D eigenvalue weighted by molar-refractivity contribution is 5.80. The van der Waals surface area contributed by atoms with Gasteiger partial charge in [0.15, 0.2) is 5.96 Å². The number of carbonyl (C=O) groups excluding carboxylic acids is 1. The smallest absolute Gasteiger partial charge is 0.224 e. The van der Waals surface area contributed by atoms with Gasteiger partial charge in [0.1, 0.15) is 0 Å². The Labute approximate surface area is 179 Å². The van der Waals surface area contributed by atoms with Crippen molar-refractivity contribution in [1.82, 2.24) is 25.3 Å². The normalized spacial score (nSPS) is 17.1. The van der Waals surface area contributed by atoms with Crippen LogP contribution in [0.1, 0.15) is 38.7 Å². The Balaban J connectivity index is 1.42. The summed E-state index contributed by atoms with van der Waals surface area (Å²) in [5, 5.41) is 10.9. The highest BCUT2D eigenvalue weighted by atomic mass is 16.2. The van der Waals surface area contributed by atoms with Gasteiger partial charge in [0.25, 0.3) is 0 Å². The van der Waals surface area contributed by atoms with Crippen molar-refractivity contribution in [3.63, 3.8) is 0 Å². The minimum Gasteiger partial charge on any atom is -0.357 e. The largest absolute Gasteiger partial charge is 0.357 e. The van der Waals surface area contributed by atoms with Crippen LogP contribution in [0.2, 0.25) is 0 Å². The molecule has 0 saturated carbocycles. The molecule has 162 valence electrons. The van der Waals surface area contributed by atoms with Gasteiger partial charge < -0.3 is 15.5 Å². The van der Waals surface area contributed by atoms with E-state index < -0.39 is 0 Å². The number of aromatic nitrogens is 2. The molecule has 7 heteroatoms. The first-order valence-electron chi connectivity index (χ1n) is 11.0. The first-order valence-corrected chi connectivity index (χ1v) is 11.0. The van der Waals surface area contributed by atoms with E-state index in [0.29, 0.717) is 18.9 Å². The molecule has 0 bridgehead atoms. The minimum atomic E-state index is 0.221. The van der Waals surface area contributed by atoms with Crippen LogP contribution in [0.25, 0.3) is 5.69 Å². The van der Waals surface area contributed by atoms with Gasteiger partial charge in [0, 0.05) is 45.0 Å². The number of aliphatic imine (C=N–C) groups is 1. The lowest BCUT2D eigenvalue weighted by molar-refractivity contribution is -0.132. The summed E-state index contributed by atoms with van der Waals surface area (Å²) in [4.78, 5) is 19.0. The molecular weight excluding hydrogens is 376 g/mol. The number of likely N-dealkylation sites (tertiary alicyclic amines) is 1. The highest BCUT2D eigenvalue weighted by Gasteiger charge is 2.20. The van der Waals surface area contributed by atoms with E-state index >= 15 is 0 Å². The lowest BCUT2D eigenvalue weighted by atomic mass is 10.00. The van der Waals surface area contributed by atoms with Crippen molar-refractivity contribution in [1.29, 1.82) is 0 Å². The van der Waals surface area contributed by atoms with Crippen molar-refractivity contribution >= 4 is 11.9 Å².